The van der Waals surface area contributed by atoms with Gasteiger partial charge in [0.25, 0.3) is 0 Å². The number of hydrogen-bond donors (Lipinski definition) is 1. The van der Waals surface area contributed by atoms with Crippen LogP contribution in [-0.2, 0) is 17.8 Å². The molecule has 0 saturated carbocycles. The molecule has 0 spiro atoms. The fourth-order valence-electron chi connectivity index (χ4n) is 2.08. The molecule has 19 heavy (non-hydrogen) atoms. The van der Waals surface area contributed by atoms with Crippen molar-refractivity contribution in [2.75, 3.05) is 0 Å². The molecule has 0 atom stereocenters. The van der Waals surface area contributed by atoms with Crippen molar-refractivity contribution >= 4 is 21.9 Å². The van der Waals surface area contributed by atoms with E-state index in [0.29, 0.717) is 6.54 Å². The van der Waals surface area contributed by atoms with Crippen LogP contribution >= 0.6 is 15.9 Å². The standard InChI is InChI=1S/C14H15BrN2O2/c1-9-12(7-14(18)19)10(2)17(16-9)8-11-5-3-4-6-13(11)15/h3-6H,7-8H2,1-2H3,(H,18,19). The summed E-state index contributed by atoms with van der Waals surface area (Å²) in [5.74, 6) is -0.827. The molecule has 2 rings (SSSR count). The SMILES string of the molecule is Cc1nn(Cc2ccccc2Br)c(C)c1CC(=O)O. The van der Waals surface area contributed by atoms with E-state index in [1.165, 1.54) is 0 Å². The quantitative estimate of drug-likeness (QED) is 0.941. The fraction of sp³-hybridized carbons (Fsp3) is 0.286. The van der Waals surface area contributed by atoms with Crippen molar-refractivity contribution in [3.8, 4) is 0 Å². The zero-order chi connectivity index (χ0) is 14.0. The Kier molecular flexibility index (Phi) is 4.04. The minimum atomic E-state index is -0.827. The Bertz CT molecular complexity index is 620. The molecule has 0 aliphatic carbocycles. The third-order valence-corrected chi connectivity index (χ3v) is 3.91. The first-order valence-electron chi connectivity index (χ1n) is 5.97. The number of nitrogens with zero attached hydrogens (tertiary/aromatic N) is 2. The minimum absolute atomic E-state index is 0.0215. The van der Waals surface area contributed by atoms with E-state index in [4.69, 9.17) is 5.11 Å². The third kappa shape index (κ3) is 3.04. The van der Waals surface area contributed by atoms with E-state index in [1.54, 1.807) is 0 Å². The van der Waals surface area contributed by atoms with Gasteiger partial charge in [-0.05, 0) is 25.5 Å². The van der Waals surface area contributed by atoms with Crippen molar-refractivity contribution < 1.29 is 9.90 Å². The van der Waals surface area contributed by atoms with Gasteiger partial charge in [0, 0.05) is 15.7 Å². The highest BCUT2D eigenvalue weighted by atomic mass is 79.9. The molecule has 0 bridgehead atoms. The lowest BCUT2D eigenvalue weighted by Gasteiger charge is -2.07. The van der Waals surface area contributed by atoms with Crippen molar-refractivity contribution in [1.82, 2.24) is 9.78 Å². The number of carboxylic acids is 1. The van der Waals surface area contributed by atoms with Crippen LogP contribution in [0.3, 0.4) is 0 Å². The number of carbonyl (C=O) groups is 1. The molecular formula is C14H15BrN2O2. The summed E-state index contributed by atoms with van der Waals surface area (Å²) in [4.78, 5) is 10.9. The van der Waals surface area contributed by atoms with E-state index < -0.39 is 5.97 Å². The van der Waals surface area contributed by atoms with Crippen LogP contribution in [0.4, 0.5) is 0 Å². The molecule has 4 nitrogen and oxygen atoms in total. The molecule has 2 aromatic rings. The van der Waals surface area contributed by atoms with Gasteiger partial charge in [0.1, 0.15) is 0 Å². The lowest BCUT2D eigenvalue weighted by atomic mass is 10.1. The Balaban J connectivity index is 2.32. The maximum atomic E-state index is 10.9. The largest absolute Gasteiger partial charge is 0.481 e. The van der Waals surface area contributed by atoms with Gasteiger partial charge < -0.3 is 5.11 Å². The zero-order valence-electron chi connectivity index (χ0n) is 10.9. The Morgan fingerprint density at radius 1 is 1.37 bits per heavy atom. The molecule has 1 heterocycles. The average Bonchev–Trinajstić information content (AvgIpc) is 2.60. The summed E-state index contributed by atoms with van der Waals surface area (Å²) in [6, 6.07) is 7.95. The van der Waals surface area contributed by atoms with Gasteiger partial charge in [-0.2, -0.15) is 5.10 Å². The van der Waals surface area contributed by atoms with Crippen LogP contribution in [0.15, 0.2) is 28.7 Å². The van der Waals surface area contributed by atoms with Gasteiger partial charge in [0.2, 0.25) is 0 Å². The molecule has 0 unspecified atom stereocenters. The smallest absolute Gasteiger partial charge is 0.307 e. The molecule has 0 aliphatic heterocycles. The van der Waals surface area contributed by atoms with Crippen molar-refractivity contribution in [2.24, 2.45) is 0 Å². The molecule has 1 aromatic carbocycles. The van der Waals surface area contributed by atoms with E-state index in [9.17, 15) is 4.79 Å². The third-order valence-electron chi connectivity index (χ3n) is 3.14. The van der Waals surface area contributed by atoms with E-state index in [-0.39, 0.29) is 6.42 Å². The molecule has 1 N–H and O–H groups in total. The molecule has 100 valence electrons. The number of carboxylic acid groups (broad SMARTS) is 1. The normalized spacial score (nSPS) is 10.7. The van der Waals surface area contributed by atoms with Gasteiger partial charge in [0.15, 0.2) is 0 Å². The number of rotatable bonds is 4. The number of halogens is 1. The molecule has 0 radical (unpaired) electrons. The van der Waals surface area contributed by atoms with Crippen LogP contribution < -0.4 is 0 Å². The predicted octanol–water partition coefficient (Wildman–Crippen LogP) is 2.94. The summed E-state index contributed by atoms with van der Waals surface area (Å²) in [6.07, 6.45) is 0.0215. The van der Waals surface area contributed by atoms with E-state index in [1.807, 2.05) is 42.8 Å². The highest BCUT2D eigenvalue weighted by molar-refractivity contribution is 9.10. The highest BCUT2D eigenvalue weighted by Gasteiger charge is 2.14. The molecule has 0 amide bonds. The zero-order valence-corrected chi connectivity index (χ0v) is 12.4. The second-order valence-electron chi connectivity index (χ2n) is 4.47. The van der Waals surface area contributed by atoms with Gasteiger partial charge in [-0.3, -0.25) is 9.48 Å². The summed E-state index contributed by atoms with van der Waals surface area (Å²) in [6.45, 7) is 4.39. The summed E-state index contributed by atoms with van der Waals surface area (Å²) >= 11 is 3.51. The summed E-state index contributed by atoms with van der Waals surface area (Å²) in [5, 5.41) is 13.3. The number of hydrogen-bond acceptors (Lipinski definition) is 2. The van der Waals surface area contributed by atoms with Crippen molar-refractivity contribution in [1.29, 1.82) is 0 Å². The van der Waals surface area contributed by atoms with Crippen molar-refractivity contribution in [3.05, 3.63) is 51.3 Å². The summed E-state index contributed by atoms with van der Waals surface area (Å²) < 4.78 is 2.88. The molecule has 0 fully saturated rings. The lowest BCUT2D eigenvalue weighted by Crippen LogP contribution is -2.06. The predicted molar refractivity (Wildman–Crippen MR) is 76.3 cm³/mol. The minimum Gasteiger partial charge on any atom is -0.481 e. The highest BCUT2D eigenvalue weighted by Crippen LogP contribution is 2.20. The summed E-state index contributed by atoms with van der Waals surface area (Å²) in [5.41, 5.74) is 3.62. The number of aromatic nitrogens is 2. The maximum Gasteiger partial charge on any atom is 0.307 e. The van der Waals surface area contributed by atoms with Crippen LogP contribution in [0.5, 0.6) is 0 Å². The molecule has 0 aliphatic rings. The second kappa shape index (κ2) is 5.57. The first-order valence-corrected chi connectivity index (χ1v) is 6.76. The first kappa shape index (κ1) is 13.8. The van der Waals surface area contributed by atoms with Crippen LogP contribution in [0.25, 0.3) is 0 Å². The molecule has 5 heteroatoms. The maximum absolute atomic E-state index is 10.9. The van der Waals surface area contributed by atoms with Crippen LogP contribution in [0.1, 0.15) is 22.5 Å². The van der Waals surface area contributed by atoms with Gasteiger partial charge in [-0.15, -0.1) is 0 Å². The van der Waals surface area contributed by atoms with Crippen molar-refractivity contribution in [2.45, 2.75) is 26.8 Å². The van der Waals surface area contributed by atoms with E-state index in [0.717, 1.165) is 27.0 Å². The lowest BCUT2D eigenvalue weighted by molar-refractivity contribution is -0.136. The topological polar surface area (TPSA) is 55.1 Å². The van der Waals surface area contributed by atoms with Gasteiger partial charge in [-0.25, -0.2) is 0 Å². The Morgan fingerprint density at radius 2 is 2.05 bits per heavy atom. The molecular weight excluding hydrogens is 308 g/mol. The van der Waals surface area contributed by atoms with Crippen LogP contribution in [0.2, 0.25) is 0 Å². The number of aliphatic carboxylic acids is 1. The first-order chi connectivity index (χ1) is 8.99. The Labute approximate surface area is 120 Å². The molecule has 1 aromatic heterocycles. The van der Waals surface area contributed by atoms with E-state index in [2.05, 4.69) is 21.0 Å². The monoisotopic (exact) mass is 322 g/mol. The van der Waals surface area contributed by atoms with Gasteiger partial charge in [0.05, 0.1) is 18.7 Å². The van der Waals surface area contributed by atoms with Gasteiger partial charge >= 0.3 is 5.97 Å². The Morgan fingerprint density at radius 3 is 2.68 bits per heavy atom. The Hall–Kier alpha value is -1.62. The van der Waals surface area contributed by atoms with Crippen LogP contribution in [0, 0.1) is 13.8 Å². The van der Waals surface area contributed by atoms with E-state index >= 15 is 0 Å². The van der Waals surface area contributed by atoms with Crippen LogP contribution in [-0.4, -0.2) is 20.9 Å². The molecule has 0 saturated heterocycles. The average molecular weight is 323 g/mol. The van der Waals surface area contributed by atoms with Crippen molar-refractivity contribution in [3.63, 3.8) is 0 Å². The number of aryl methyl sites for hydroxylation is 1. The van der Waals surface area contributed by atoms with Gasteiger partial charge in [-0.1, -0.05) is 34.1 Å². The fourth-order valence-corrected chi connectivity index (χ4v) is 2.49. The number of benzene rings is 1. The summed E-state index contributed by atoms with van der Waals surface area (Å²) in [7, 11) is 0. The second-order valence-corrected chi connectivity index (χ2v) is 5.32.